The van der Waals surface area contributed by atoms with Crippen molar-refractivity contribution in [1.29, 1.82) is 0 Å². The zero-order valence-electron chi connectivity index (χ0n) is 16.0. The van der Waals surface area contributed by atoms with Crippen LogP contribution in [0.2, 0.25) is 5.02 Å². The van der Waals surface area contributed by atoms with Gasteiger partial charge in [0.05, 0.1) is 28.5 Å². The quantitative estimate of drug-likeness (QED) is 0.744. The highest BCUT2D eigenvalue weighted by molar-refractivity contribution is 6.34. The monoisotopic (exact) mass is 426 g/mol. The summed E-state index contributed by atoms with van der Waals surface area (Å²) in [5.74, 6) is -1.07. The second-order valence-corrected chi connectivity index (χ2v) is 7.21. The molecule has 9 heteroatoms. The number of hydrazone groups is 1. The van der Waals surface area contributed by atoms with Gasteiger partial charge in [-0.3, -0.25) is 9.69 Å². The molecule has 2 aromatic carbocycles. The molecule has 0 bridgehead atoms. The molecule has 2 aromatic rings. The number of esters is 1. The first-order chi connectivity index (χ1) is 14.5. The Morgan fingerprint density at radius 2 is 1.93 bits per heavy atom. The molecule has 0 spiro atoms. The van der Waals surface area contributed by atoms with Crippen molar-refractivity contribution in [3.05, 3.63) is 64.7 Å². The molecule has 2 aliphatic heterocycles. The molecule has 4 rings (SSSR count). The third kappa shape index (κ3) is 4.13. The van der Waals surface area contributed by atoms with Crippen molar-refractivity contribution in [2.45, 2.75) is 6.42 Å². The van der Waals surface area contributed by atoms with Crippen LogP contribution in [0, 0.1) is 0 Å². The van der Waals surface area contributed by atoms with Gasteiger partial charge in [0.1, 0.15) is 0 Å². The molecule has 30 heavy (non-hydrogen) atoms. The minimum absolute atomic E-state index is 0.205. The number of nitrogens with one attached hydrogen (secondary N) is 1. The summed E-state index contributed by atoms with van der Waals surface area (Å²) < 4.78 is 5.17. The molecule has 3 amide bonds. The maximum absolute atomic E-state index is 12.4. The van der Waals surface area contributed by atoms with Gasteiger partial charge in [0.2, 0.25) is 0 Å². The first-order valence-corrected chi connectivity index (χ1v) is 9.86. The van der Waals surface area contributed by atoms with E-state index in [-0.39, 0.29) is 11.6 Å². The van der Waals surface area contributed by atoms with Gasteiger partial charge in [0, 0.05) is 19.5 Å². The molecule has 0 atom stereocenters. The van der Waals surface area contributed by atoms with Crippen LogP contribution in [-0.2, 0) is 9.53 Å². The van der Waals surface area contributed by atoms with Gasteiger partial charge in [-0.25, -0.2) is 14.6 Å². The van der Waals surface area contributed by atoms with Crippen LogP contribution in [0.3, 0.4) is 0 Å². The number of halogens is 1. The fraction of sp³-hybridized carbons (Fsp3) is 0.238. The Hall–Kier alpha value is -3.39. The number of carbonyl (C=O) groups is 3. The topological polar surface area (TPSA) is 91.3 Å². The summed E-state index contributed by atoms with van der Waals surface area (Å²) in [6, 6.07) is 13.8. The van der Waals surface area contributed by atoms with Crippen LogP contribution in [0.4, 0.5) is 10.5 Å². The Morgan fingerprint density at radius 1 is 1.13 bits per heavy atom. The predicted octanol–water partition coefficient (Wildman–Crippen LogP) is 2.66. The van der Waals surface area contributed by atoms with E-state index >= 15 is 0 Å². The van der Waals surface area contributed by atoms with Gasteiger partial charge in [-0.05, 0) is 23.8 Å². The van der Waals surface area contributed by atoms with Crippen LogP contribution in [0.5, 0.6) is 0 Å². The standard InChI is InChI=1S/C21H19ClN4O4/c22-16-7-6-15(12-18(16)25-11-9-23-21(25)29)20(28)30-13-19(27)26-10-8-17(24-26)14-4-2-1-3-5-14/h1-7,12H,8-11,13H2,(H,23,29). The van der Waals surface area contributed by atoms with Gasteiger partial charge in [-0.15, -0.1) is 0 Å². The van der Waals surface area contributed by atoms with Crippen molar-refractivity contribution in [2.75, 3.05) is 31.1 Å². The predicted molar refractivity (Wildman–Crippen MR) is 112 cm³/mol. The Morgan fingerprint density at radius 3 is 2.67 bits per heavy atom. The molecule has 0 aliphatic carbocycles. The fourth-order valence-electron chi connectivity index (χ4n) is 3.30. The lowest BCUT2D eigenvalue weighted by atomic mass is 10.1. The summed E-state index contributed by atoms with van der Waals surface area (Å²) in [5.41, 5.74) is 2.41. The molecule has 8 nitrogen and oxygen atoms in total. The Kier molecular flexibility index (Phi) is 5.67. The SMILES string of the molecule is O=C(OCC(=O)N1CCC(c2ccccc2)=N1)c1ccc(Cl)c(N2CCNC2=O)c1. The maximum Gasteiger partial charge on any atom is 0.338 e. The van der Waals surface area contributed by atoms with Crippen molar-refractivity contribution >= 4 is 40.9 Å². The lowest BCUT2D eigenvalue weighted by Gasteiger charge is -2.17. The number of carbonyl (C=O) groups excluding carboxylic acids is 3. The van der Waals surface area contributed by atoms with Crippen LogP contribution < -0.4 is 10.2 Å². The number of benzene rings is 2. The van der Waals surface area contributed by atoms with Crippen molar-refractivity contribution in [2.24, 2.45) is 5.10 Å². The minimum Gasteiger partial charge on any atom is -0.452 e. The number of rotatable bonds is 5. The number of hydrogen-bond acceptors (Lipinski definition) is 5. The van der Waals surface area contributed by atoms with Gasteiger partial charge < -0.3 is 10.1 Å². The number of anilines is 1. The highest BCUT2D eigenvalue weighted by Gasteiger charge is 2.25. The zero-order valence-corrected chi connectivity index (χ0v) is 16.8. The lowest BCUT2D eigenvalue weighted by molar-refractivity contribution is -0.134. The minimum atomic E-state index is -0.674. The summed E-state index contributed by atoms with van der Waals surface area (Å²) in [6.45, 7) is 0.967. The summed E-state index contributed by atoms with van der Waals surface area (Å²) >= 11 is 6.17. The fourth-order valence-corrected chi connectivity index (χ4v) is 3.52. The van der Waals surface area contributed by atoms with Crippen LogP contribution in [0.25, 0.3) is 0 Å². The Balaban J connectivity index is 1.38. The molecular weight excluding hydrogens is 408 g/mol. The van der Waals surface area contributed by atoms with Crippen LogP contribution in [-0.4, -0.2) is 54.9 Å². The molecule has 154 valence electrons. The van der Waals surface area contributed by atoms with Gasteiger partial charge in [-0.2, -0.15) is 5.10 Å². The third-order valence-electron chi connectivity index (χ3n) is 4.85. The summed E-state index contributed by atoms with van der Waals surface area (Å²) in [7, 11) is 0. The molecule has 0 radical (unpaired) electrons. The summed E-state index contributed by atoms with van der Waals surface area (Å²) in [5, 5.41) is 8.68. The molecule has 2 aliphatic rings. The average Bonchev–Trinajstić information content (AvgIpc) is 3.42. The number of amides is 3. The largest absolute Gasteiger partial charge is 0.452 e. The Bertz CT molecular complexity index is 1020. The van der Waals surface area contributed by atoms with E-state index in [1.807, 2.05) is 30.3 Å². The van der Waals surface area contributed by atoms with Crippen molar-refractivity contribution in [1.82, 2.24) is 10.3 Å². The second kappa shape index (κ2) is 8.54. The van der Waals surface area contributed by atoms with Crippen molar-refractivity contribution < 1.29 is 19.1 Å². The second-order valence-electron chi connectivity index (χ2n) is 6.81. The smallest absolute Gasteiger partial charge is 0.338 e. The molecule has 1 fully saturated rings. The van der Waals surface area contributed by atoms with Crippen LogP contribution >= 0.6 is 11.6 Å². The van der Waals surface area contributed by atoms with Gasteiger partial charge in [0.15, 0.2) is 6.61 Å². The summed E-state index contributed by atoms with van der Waals surface area (Å²) in [4.78, 5) is 38.1. The molecule has 2 heterocycles. The van der Waals surface area contributed by atoms with E-state index in [4.69, 9.17) is 16.3 Å². The maximum atomic E-state index is 12.4. The number of urea groups is 1. The first-order valence-electron chi connectivity index (χ1n) is 9.48. The van der Waals surface area contributed by atoms with Gasteiger partial charge in [0.25, 0.3) is 5.91 Å². The first kappa shape index (κ1) is 19.9. The van der Waals surface area contributed by atoms with E-state index < -0.39 is 18.5 Å². The molecule has 1 saturated heterocycles. The average molecular weight is 427 g/mol. The third-order valence-corrected chi connectivity index (χ3v) is 5.17. The lowest BCUT2D eigenvalue weighted by Crippen LogP contribution is -2.29. The van der Waals surface area contributed by atoms with E-state index in [0.29, 0.717) is 36.8 Å². The molecular formula is C21H19ClN4O4. The van der Waals surface area contributed by atoms with E-state index in [9.17, 15) is 14.4 Å². The van der Waals surface area contributed by atoms with Gasteiger partial charge >= 0.3 is 12.0 Å². The molecule has 0 aromatic heterocycles. The van der Waals surface area contributed by atoms with E-state index in [2.05, 4.69) is 10.4 Å². The van der Waals surface area contributed by atoms with Crippen molar-refractivity contribution in [3.63, 3.8) is 0 Å². The van der Waals surface area contributed by atoms with Gasteiger partial charge in [-0.1, -0.05) is 41.9 Å². The molecule has 0 unspecified atom stereocenters. The zero-order chi connectivity index (χ0) is 21.1. The van der Waals surface area contributed by atoms with Crippen LogP contribution in [0.1, 0.15) is 22.3 Å². The number of ether oxygens (including phenoxy) is 1. The van der Waals surface area contributed by atoms with Crippen LogP contribution in [0.15, 0.2) is 53.6 Å². The highest BCUT2D eigenvalue weighted by Crippen LogP contribution is 2.28. The van der Waals surface area contributed by atoms with E-state index in [0.717, 1.165) is 11.3 Å². The molecule has 0 saturated carbocycles. The number of nitrogens with zero attached hydrogens (tertiary/aromatic N) is 3. The van der Waals surface area contributed by atoms with E-state index in [1.54, 1.807) is 0 Å². The summed E-state index contributed by atoms with van der Waals surface area (Å²) in [6.07, 6.45) is 0.641. The molecule has 1 N–H and O–H groups in total. The van der Waals surface area contributed by atoms with Crippen molar-refractivity contribution in [3.8, 4) is 0 Å². The Labute approximate surface area is 178 Å². The number of hydrogen-bond donors (Lipinski definition) is 1. The highest BCUT2D eigenvalue weighted by atomic mass is 35.5. The van der Waals surface area contributed by atoms with E-state index in [1.165, 1.54) is 28.1 Å². The normalized spacial score (nSPS) is 15.8.